The van der Waals surface area contributed by atoms with E-state index in [0.717, 1.165) is 36.5 Å². The summed E-state index contributed by atoms with van der Waals surface area (Å²) < 4.78 is 0. The molecule has 0 bridgehead atoms. The lowest BCUT2D eigenvalue weighted by atomic mass is 10.0. The molecule has 4 nitrogen and oxygen atoms in total. The van der Waals surface area contributed by atoms with Crippen molar-refractivity contribution in [3.8, 4) is 0 Å². The molecule has 1 N–H and O–H groups in total. The molecule has 0 spiro atoms. The van der Waals surface area contributed by atoms with Crippen LogP contribution < -0.4 is 10.2 Å². The molecule has 1 aliphatic carbocycles. The summed E-state index contributed by atoms with van der Waals surface area (Å²) in [4.78, 5) is 11.8. The highest BCUT2D eigenvalue weighted by Gasteiger charge is 2.28. The molecular formula is C14H22N4. The van der Waals surface area contributed by atoms with Crippen LogP contribution in [0.3, 0.4) is 0 Å². The van der Waals surface area contributed by atoms with Gasteiger partial charge in [-0.1, -0.05) is 6.92 Å². The van der Waals surface area contributed by atoms with Gasteiger partial charge in [-0.3, -0.25) is 0 Å². The van der Waals surface area contributed by atoms with Crippen LogP contribution in [0.5, 0.6) is 0 Å². The highest BCUT2D eigenvalue weighted by Crippen LogP contribution is 2.39. The highest BCUT2D eigenvalue weighted by atomic mass is 15.2. The standard InChI is InChI=1S/C14H22N4/c1-10-4-3-7-18(9-10)13-8-12(15-2)16-14(17-13)11-5-6-11/h8,10-11H,3-7,9H2,1-2H3,(H,15,16,17). The number of rotatable bonds is 3. The number of nitrogens with one attached hydrogen (secondary N) is 1. The molecule has 0 radical (unpaired) electrons. The van der Waals surface area contributed by atoms with E-state index in [1.165, 1.54) is 25.7 Å². The van der Waals surface area contributed by atoms with Gasteiger partial charge < -0.3 is 10.2 Å². The van der Waals surface area contributed by atoms with Gasteiger partial charge in [0.15, 0.2) is 0 Å². The van der Waals surface area contributed by atoms with Crippen molar-refractivity contribution in [2.45, 2.75) is 38.5 Å². The van der Waals surface area contributed by atoms with Crippen LogP contribution >= 0.6 is 0 Å². The average Bonchev–Trinajstić information content (AvgIpc) is 3.22. The van der Waals surface area contributed by atoms with Crippen molar-refractivity contribution < 1.29 is 0 Å². The summed E-state index contributed by atoms with van der Waals surface area (Å²) in [5, 5.41) is 3.16. The fraction of sp³-hybridized carbons (Fsp3) is 0.714. The van der Waals surface area contributed by atoms with Gasteiger partial charge in [-0.05, 0) is 31.6 Å². The number of nitrogens with zero attached hydrogens (tertiary/aromatic N) is 3. The Morgan fingerprint density at radius 2 is 2.11 bits per heavy atom. The van der Waals surface area contributed by atoms with E-state index < -0.39 is 0 Å². The van der Waals surface area contributed by atoms with Gasteiger partial charge in [-0.15, -0.1) is 0 Å². The van der Waals surface area contributed by atoms with Gasteiger partial charge in [0.2, 0.25) is 0 Å². The largest absolute Gasteiger partial charge is 0.373 e. The Morgan fingerprint density at radius 1 is 1.28 bits per heavy atom. The predicted molar refractivity (Wildman–Crippen MR) is 74.2 cm³/mol. The van der Waals surface area contributed by atoms with Crippen LogP contribution in [-0.2, 0) is 0 Å². The molecule has 1 aromatic rings. The van der Waals surface area contributed by atoms with Gasteiger partial charge in [0.25, 0.3) is 0 Å². The summed E-state index contributed by atoms with van der Waals surface area (Å²) in [5.41, 5.74) is 0. The maximum Gasteiger partial charge on any atom is 0.136 e. The van der Waals surface area contributed by atoms with E-state index in [0.29, 0.717) is 5.92 Å². The third kappa shape index (κ3) is 2.42. The van der Waals surface area contributed by atoms with E-state index in [-0.39, 0.29) is 0 Å². The van der Waals surface area contributed by atoms with Gasteiger partial charge in [0, 0.05) is 32.1 Å². The maximum atomic E-state index is 4.78. The van der Waals surface area contributed by atoms with Crippen LogP contribution in [0, 0.1) is 5.92 Å². The van der Waals surface area contributed by atoms with Gasteiger partial charge in [0.05, 0.1) is 0 Å². The maximum absolute atomic E-state index is 4.78. The fourth-order valence-electron chi connectivity index (χ4n) is 2.66. The van der Waals surface area contributed by atoms with E-state index in [2.05, 4.69) is 28.2 Å². The molecule has 2 fully saturated rings. The molecule has 2 heterocycles. The van der Waals surface area contributed by atoms with Crippen LogP contribution in [0.2, 0.25) is 0 Å². The molecule has 3 rings (SSSR count). The molecule has 2 aliphatic rings. The molecular weight excluding hydrogens is 224 g/mol. The quantitative estimate of drug-likeness (QED) is 0.890. The molecule has 1 saturated carbocycles. The minimum Gasteiger partial charge on any atom is -0.373 e. The van der Waals surface area contributed by atoms with Crippen molar-refractivity contribution in [1.29, 1.82) is 0 Å². The molecule has 1 saturated heterocycles. The summed E-state index contributed by atoms with van der Waals surface area (Å²) in [7, 11) is 1.93. The lowest BCUT2D eigenvalue weighted by molar-refractivity contribution is 0.444. The van der Waals surface area contributed by atoms with Gasteiger partial charge in [-0.25, -0.2) is 9.97 Å². The van der Waals surface area contributed by atoms with E-state index in [9.17, 15) is 0 Å². The summed E-state index contributed by atoms with van der Waals surface area (Å²) in [6.45, 7) is 4.59. The molecule has 18 heavy (non-hydrogen) atoms. The Bertz CT molecular complexity index is 428. The second-order valence-electron chi connectivity index (χ2n) is 5.69. The van der Waals surface area contributed by atoms with E-state index in [4.69, 9.17) is 4.98 Å². The SMILES string of the molecule is CNc1cc(N2CCCC(C)C2)nc(C2CC2)n1. The second-order valence-corrected chi connectivity index (χ2v) is 5.69. The van der Waals surface area contributed by atoms with Crippen LogP contribution in [0.15, 0.2) is 6.07 Å². The van der Waals surface area contributed by atoms with Crippen molar-refractivity contribution in [3.05, 3.63) is 11.9 Å². The first-order chi connectivity index (χ1) is 8.76. The normalized spacial score (nSPS) is 24.1. The van der Waals surface area contributed by atoms with Crippen LogP contribution in [0.4, 0.5) is 11.6 Å². The van der Waals surface area contributed by atoms with Crippen molar-refractivity contribution in [1.82, 2.24) is 9.97 Å². The number of anilines is 2. The molecule has 98 valence electrons. The molecule has 0 aromatic carbocycles. The number of aromatic nitrogens is 2. The minimum absolute atomic E-state index is 0.610. The second kappa shape index (κ2) is 4.75. The molecule has 1 unspecified atom stereocenters. The van der Waals surface area contributed by atoms with Crippen molar-refractivity contribution >= 4 is 11.6 Å². The Morgan fingerprint density at radius 3 is 2.78 bits per heavy atom. The number of hydrogen-bond acceptors (Lipinski definition) is 4. The van der Waals surface area contributed by atoms with Crippen LogP contribution in [0.25, 0.3) is 0 Å². The van der Waals surface area contributed by atoms with E-state index >= 15 is 0 Å². The van der Waals surface area contributed by atoms with Crippen molar-refractivity contribution in [2.75, 3.05) is 30.4 Å². The van der Waals surface area contributed by atoms with Crippen LogP contribution in [-0.4, -0.2) is 30.1 Å². The van der Waals surface area contributed by atoms with Gasteiger partial charge in [0.1, 0.15) is 17.5 Å². The summed E-state index contributed by atoms with van der Waals surface area (Å²) in [6.07, 6.45) is 5.13. The lowest BCUT2D eigenvalue weighted by Crippen LogP contribution is -2.35. The van der Waals surface area contributed by atoms with Gasteiger partial charge >= 0.3 is 0 Å². The first-order valence-electron chi connectivity index (χ1n) is 7.08. The Labute approximate surface area is 109 Å². The van der Waals surface area contributed by atoms with Crippen molar-refractivity contribution in [2.24, 2.45) is 5.92 Å². The fourth-order valence-corrected chi connectivity index (χ4v) is 2.66. The first-order valence-corrected chi connectivity index (χ1v) is 7.08. The zero-order valence-electron chi connectivity index (χ0n) is 11.3. The summed E-state index contributed by atoms with van der Waals surface area (Å²) in [5.74, 6) is 4.49. The monoisotopic (exact) mass is 246 g/mol. The van der Waals surface area contributed by atoms with Crippen LogP contribution in [0.1, 0.15) is 44.3 Å². The third-order valence-electron chi connectivity index (χ3n) is 3.91. The lowest BCUT2D eigenvalue weighted by Gasteiger charge is -2.32. The smallest absolute Gasteiger partial charge is 0.136 e. The first kappa shape index (κ1) is 11.8. The summed E-state index contributed by atoms with van der Waals surface area (Å²) >= 11 is 0. The molecule has 1 aromatic heterocycles. The Kier molecular flexibility index (Phi) is 3.10. The Balaban J connectivity index is 1.87. The zero-order chi connectivity index (χ0) is 12.5. The third-order valence-corrected chi connectivity index (χ3v) is 3.91. The highest BCUT2D eigenvalue weighted by molar-refractivity contribution is 5.50. The van der Waals surface area contributed by atoms with Crippen molar-refractivity contribution in [3.63, 3.8) is 0 Å². The van der Waals surface area contributed by atoms with E-state index in [1.54, 1.807) is 0 Å². The zero-order valence-corrected chi connectivity index (χ0v) is 11.3. The number of hydrogen-bond donors (Lipinski definition) is 1. The van der Waals surface area contributed by atoms with Gasteiger partial charge in [-0.2, -0.15) is 0 Å². The predicted octanol–water partition coefficient (Wildman–Crippen LogP) is 2.63. The molecule has 0 amide bonds. The molecule has 1 aliphatic heterocycles. The Hall–Kier alpha value is -1.32. The molecule has 4 heteroatoms. The van der Waals surface area contributed by atoms with E-state index in [1.807, 2.05) is 7.05 Å². The topological polar surface area (TPSA) is 41.0 Å². The minimum atomic E-state index is 0.610. The summed E-state index contributed by atoms with van der Waals surface area (Å²) in [6, 6.07) is 2.09. The number of piperidine rings is 1. The average molecular weight is 246 g/mol. The molecule has 1 atom stereocenters.